The summed E-state index contributed by atoms with van der Waals surface area (Å²) in [6.45, 7) is 3.70. The first-order valence-electron chi connectivity index (χ1n) is 9.94. The van der Waals surface area contributed by atoms with E-state index in [2.05, 4.69) is 20.0 Å². The molecule has 0 aromatic carbocycles. The molecule has 14 heteroatoms. The minimum absolute atomic E-state index is 0.00130. The summed E-state index contributed by atoms with van der Waals surface area (Å²) in [7, 11) is -3.90. The number of alkyl halides is 2. The molecule has 3 aromatic rings. The van der Waals surface area contributed by atoms with E-state index in [-0.39, 0.29) is 21.0 Å². The minimum Gasteiger partial charge on any atom is -0.378 e. The Kier molecular flexibility index (Phi) is 5.07. The molecule has 0 radical (unpaired) electrons. The molecule has 0 spiro atoms. The number of aromatic nitrogens is 4. The maximum atomic E-state index is 13.1. The van der Waals surface area contributed by atoms with Gasteiger partial charge in [-0.3, -0.25) is 9.89 Å². The molecule has 1 saturated carbocycles. The average Bonchev–Trinajstić information content (AvgIpc) is 3.14. The number of hydrogen-bond donors (Lipinski definition) is 2. The molecule has 0 bridgehead atoms. The topological polar surface area (TPSA) is 122 Å². The Morgan fingerprint density at radius 1 is 1.25 bits per heavy atom. The Balaban J connectivity index is 1.71. The van der Waals surface area contributed by atoms with Crippen molar-refractivity contribution >= 4 is 32.7 Å². The number of H-pyrrole nitrogens is 1. The van der Waals surface area contributed by atoms with Crippen LogP contribution in [0.25, 0.3) is 16.1 Å². The largest absolute Gasteiger partial charge is 0.378 e. The van der Waals surface area contributed by atoms with E-state index in [0.717, 1.165) is 12.8 Å². The second kappa shape index (κ2) is 7.57. The van der Waals surface area contributed by atoms with Crippen LogP contribution in [0, 0.1) is 0 Å². The van der Waals surface area contributed by atoms with Crippen LogP contribution in [0.5, 0.6) is 0 Å². The summed E-state index contributed by atoms with van der Waals surface area (Å²) in [4.78, 5) is 14.7. The fourth-order valence-electron chi connectivity index (χ4n) is 3.62. The smallest absolute Gasteiger partial charge is 0.291 e. The number of morpholine rings is 1. The molecule has 2 N–H and O–H groups in total. The van der Waals surface area contributed by atoms with Gasteiger partial charge in [-0.25, -0.2) is 26.4 Å². The first-order valence-corrected chi connectivity index (χ1v) is 12.2. The predicted molar refractivity (Wildman–Crippen MR) is 113 cm³/mol. The maximum Gasteiger partial charge on any atom is 0.291 e. The van der Waals surface area contributed by atoms with Gasteiger partial charge in [-0.15, -0.1) is 10.2 Å². The van der Waals surface area contributed by atoms with E-state index >= 15 is 0 Å². The van der Waals surface area contributed by atoms with E-state index < -0.39 is 32.6 Å². The summed E-state index contributed by atoms with van der Waals surface area (Å²) in [5.41, 5.74) is -0.847. The van der Waals surface area contributed by atoms with Crippen LogP contribution in [0.15, 0.2) is 21.8 Å². The Labute approximate surface area is 185 Å². The summed E-state index contributed by atoms with van der Waals surface area (Å²) >= 11 is 0.598. The van der Waals surface area contributed by atoms with Gasteiger partial charge in [0.1, 0.15) is 11.4 Å². The van der Waals surface area contributed by atoms with Crippen LogP contribution in [0.4, 0.5) is 14.6 Å². The highest BCUT2D eigenvalue weighted by atomic mass is 32.2. The van der Waals surface area contributed by atoms with Crippen molar-refractivity contribution in [3.8, 4) is 10.6 Å². The SMILES string of the molecule is CC1(NS(=O)(=O)c2cc(N3CCOCC3)n3[nH]c(=O)c(-c4nnc(C(F)F)s4)c3c2)CC1. The van der Waals surface area contributed by atoms with E-state index in [1.807, 2.05) is 11.8 Å². The van der Waals surface area contributed by atoms with Crippen LogP contribution in [-0.4, -0.2) is 60.1 Å². The molecule has 10 nitrogen and oxygen atoms in total. The molecular formula is C18H20F2N6O4S2. The molecular weight excluding hydrogens is 466 g/mol. The highest BCUT2D eigenvalue weighted by molar-refractivity contribution is 7.89. The highest BCUT2D eigenvalue weighted by Crippen LogP contribution is 2.37. The third-order valence-electron chi connectivity index (χ3n) is 5.58. The number of hydrogen-bond acceptors (Lipinski definition) is 8. The van der Waals surface area contributed by atoms with Crippen LogP contribution in [-0.2, 0) is 14.8 Å². The zero-order valence-electron chi connectivity index (χ0n) is 17.0. The summed E-state index contributed by atoms with van der Waals surface area (Å²) in [6, 6.07) is 2.85. The van der Waals surface area contributed by atoms with Gasteiger partial charge in [-0.05, 0) is 25.8 Å². The molecule has 1 saturated heterocycles. The van der Waals surface area contributed by atoms with Gasteiger partial charge >= 0.3 is 0 Å². The van der Waals surface area contributed by atoms with Crippen LogP contribution in [0.2, 0.25) is 0 Å². The van der Waals surface area contributed by atoms with E-state index in [1.54, 1.807) is 0 Å². The minimum atomic E-state index is -3.90. The number of fused-ring (bicyclic) bond motifs is 1. The lowest BCUT2D eigenvalue weighted by Crippen LogP contribution is -2.38. The molecule has 3 aromatic heterocycles. The summed E-state index contributed by atoms with van der Waals surface area (Å²) in [6.07, 6.45) is -1.35. The van der Waals surface area contributed by atoms with Gasteiger partial charge in [0.05, 0.1) is 23.6 Å². The van der Waals surface area contributed by atoms with Crippen molar-refractivity contribution in [1.82, 2.24) is 24.5 Å². The number of ether oxygens (including phenoxy) is 1. The maximum absolute atomic E-state index is 13.1. The zero-order chi connectivity index (χ0) is 22.7. The van der Waals surface area contributed by atoms with Crippen molar-refractivity contribution in [2.24, 2.45) is 0 Å². The van der Waals surface area contributed by atoms with E-state index in [4.69, 9.17) is 4.74 Å². The first-order chi connectivity index (χ1) is 15.2. The van der Waals surface area contributed by atoms with Crippen molar-refractivity contribution in [3.63, 3.8) is 0 Å². The molecule has 4 heterocycles. The lowest BCUT2D eigenvalue weighted by Gasteiger charge is -2.29. The van der Waals surface area contributed by atoms with Gasteiger partial charge < -0.3 is 9.64 Å². The third kappa shape index (κ3) is 3.80. The molecule has 2 fully saturated rings. The van der Waals surface area contributed by atoms with Crippen molar-refractivity contribution in [2.45, 2.75) is 36.6 Å². The molecule has 1 aliphatic carbocycles. The molecule has 5 rings (SSSR count). The van der Waals surface area contributed by atoms with Gasteiger partial charge in [0.15, 0.2) is 10.0 Å². The molecule has 2 aliphatic rings. The fourth-order valence-corrected chi connectivity index (χ4v) is 5.86. The van der Waals surface area contributed by atoms with Crippen LogP contribution in [0.1, 0.15) is 31.2 Å². The normalized spacial score (nSPS) is 18.6. The van der Waals surface area contributed by atoms with Crippen molar-refractivity contribution < 1.29 is 21.9 Å². The van der Waals surface area contributed by atoms with Gasteiger partial charge in [0, 0.05) is 24.7 Å². The number of anilines is 1. The Bertz CT molecular complexity index is 1340. The molecule has 0 unspecified atom stereocenters. The van der Waals surface area contributed by atoms with Crippen molar-refractivity contribution in [3.05, 3.63) is 27.5 Å². The fraction of sp³-hybridized carbons (Fsp3) is 0.500. The number of halogens is 2. The monoisotopic (exact) mass is 486 g/mol. The lowest BCUT2D eigenvalue weighted by atomic mass is 10.2. The first kappa shape index (κ1) is 21.4. The van der Waals surface area contributed by atoms with Crippen LogP contribution < -0.4 is 15.2 Å². The Hall–Kier alpha value is -2.42. The lowest BCUT2D eigenvalue weighted by molar-refractivity contribution is 0.122. The second-order valence-electron chi connectivity index (χ2n) is 8.10. The van der Waals surface area contributed by atoms with Gasteiger partial charge in [0.2, 0.25) is 10.0 Å². The van der Waals surface area contributed by atoms with Crippen LogP contribution >= 0.6 is 11.3 Å². The Morgan fingerprint density at radius 3 is 2.59 bits per heavy atom. The second-order valence-corrected chi connectivity index (χ2v) is 10.8. The van der Waals surface area contributed by atoms with Crippen LogP contribution in [0.3, 0.4) is 0 Å². The number of nitrogens with one attached hydrogen (secondary N) is 2. The zero-order valence-corrected chi connectivity index (χ0v) is 18.6. The molecule has 0 amide bonds. The molecule has 0 atom stereocenters. The quantitative estimate of drug-likeness (QED) is 0.544. The third-order valence-corrected chi connectivity index (χ3v) is 8.15. The molecule has 1 aliphatic heterocycles. The van der Waals surface area contributed by atoms with Gasteiger partial charge in [0.25, 0.3) is 12.0 Å². The summed E-state index contributed by atoms with van der Waals surface area (Å²) in [5, 5.41) is 9.37. The van der Waals surface area contributed by atoms with Crippen molar-refractivity contribution in [1.29, 1.82) is 0 Å². The molecule has 32 heavy (non-hydrogen) atoms. The van der Waals surface area contributed by atoms with Crippen molar-refractivity contribution in [2.75, 3.05) is 31.2 Å². The Morgan fingerprint density at radius 2 is 1.97 bits per heavy atom. The van der Waals surface area contributed by atoms with E-state index in [9.17, 15) is 22.0 Å². The predicted octanol–water partition coefficient (Wildman–Crippen LogP) is 1.75. The van der Waals surface area contributed by atoms with Gasteiger partial charge in [-0.1, -0.05) is 11.3 Å². The number of aromatic amines is 1. The van der Waals surface area contributed by atoms with E-state index in [1.165, 1.54) is 16.6 Å². The standard InChI is InChI=1S/C18H20F2N6O4S2/c1-18(2-3-18)24-32(28,29)10-8-11-13(16-21-22-17(31-16)14(19)20)15(27)23-26(11)12(9-10)25-4-6-30-7-5-25/h8-9,14,24H,2-7H2,1H3,(H,23,27). The number of nitrogens with zero attached hydrogens (tertiary/aromatic N) is 4. The average molecular weight is 487 g/mol. The van der Waals surface area contributed by atoms with E-state index in [0.29, 0.717) is 43.5 Å². The number of pyridine rings is 1. The van der Waals surface area contributed by atoms with Gasteiger partial charge in [-0.2, -0.15) is 0 Å². The summed E-state index contributed by atoms with van der Waals surface area (Å²) in [5.74, 6) is 0.453. The number of rotatable bonds is 6. The highest BCUT2D eigenvalue weighted by Gasteiger charge is 2.41. The summed E-state index contributed by atoms with van der Waals surface area (Å²) < 4.78 is 61.9. The molecule has 172 valence electrons. The number of sulfonamides is 1.